The third kappa shape index (κ3) is 6.64. The van der Waals surface area contributed by atoms with Crippen LogP contribution in [0.15, 0.2) is 72.8 Å². The Labute approximate surface area is 216 Å². The number of rotatable bonds is 9. The number of nitrogens with zero attached hydrogens (tertiary/aromatic N) is 2. The lowest BCUT2D eigenvalue weighted by molar-refractivity contribution is -0.111. The molecule has 0 aliphatic carbocycles. The number of amides is 1. The van der Waals surface area contributed by atoms with Gasteiger partial charge in [0.05, 0.1) is 30.7 Å². The van der Waals surface area contributed by atoms with Gasteiger partial charge in [0.25, 0.3) is 0 Å². The highest BCUT2D eigenvalue weighted by atomic mass is 19.1. The smallest absolute Gasteiger partial charge is 0.248 e. The van der Waals surface area contributed by atoms with Gasteiger partial charge >= 0.3 is 0 Å². The Balaban J connectivity index is 1.43. The molecule has 0 aliphatic heterocycles. The van der Waals surface area contributed by atoms with Gasteiger partial charge in [-0.05, 0) is 79.9 Å². The molecular formula is C30H30FN3O3. The Bertz CT molecular complexity index is 1440. The normalized spacial score (nSPS) is 11.1. The van der Waals surface area contributed by atoms with Crippen molar-refractivity contribution in [3.63, 3.8) is 0 Å². The summed E-state index contributed by atoms with van der Waals surface area (Å²) in [6, 6.07) is 19.9. The van der Waals surface area contributed by atoms with E-state index in [0.717, 1.165) is 33.7 Å². The molecule has 1 aromatic heterocycles. The van der Waals surface area contributed by atoms with Gasteiger partial charge in [-0.25, -0.2) is 4.39 Å². The summed E-state index contributed by atoms with van der Waals surface area (Å²) in [5.41, 5.74) is 5.76. The average Bonchev–Trinajstić information content (AvgIpc) is 3.13. The van der Waals surface area contributed by atoms with Crippen LogP contribution in [-0.4, -0.2) is 22.8 Å². The van der Waals surface area contributed by atoms with Crippen LogP contribution in [-0.2, 0) is 17.9 Å². The van der Waals surface area contributed by atoms with Gasteiger partial charge in [-0.1, -0.05) is 30.3 Å². The van der Waals surface area contributed by atoms with Crippen LogP contribution >= 0.6 is 0 Å². The third-order valence-corrected chi connectivity index (χ3v) is 5.97. The molecule has 0 radical (unpaired) electrons. The molecule has 0 unspecified atom stereocenters. The maximum absolute atomic E-state index is 13.5. The van der Waals surface area contributed by atoms with Crippen molar-refractivity contribution in [2.45, 2.75) is 33.9 Å². The van der Waals surface area contributed by atoms with E-state index in [4.69, 9.17) is 9.47 Å². The fourth-order valence-electron chi connectivity index (χ4n) is 4.06. The summed E-state index contributed by atoms with van der Waals surface area (Å²) in [6.45, 7) is 6.47. The monoisotopic (exact) mass is 499 g/mol. The molecule has 0 saturated heterocycles. The third-order valence-electron chi connectivity index (χ3n) is 5.97. The molecule has 190 valence electrons. The zero-order chi connectivity index (χ0) is 26.4. The van der Waals surface area contributed by atoms with Crippen LogP contribution in [0.5, 0.6) is 11.5 Å². The molecule has 7 heteroatoms. The molecule has 37 heavy (non-hydrogen) atoms. The minimum atomic E-state index is -0.291. The van der Waals surface area contributed by atoms with Crippen molar-refractivity contribution in [2.24, 2.45) is 0 Å². The number of carbonyl (C=O) groups is 1. The van der Waals surface area contributed by atoms with E-state index in [9.17, 15) is 9.18 Å². The Hall–Kier alpha value is -4.39. The van der Waals surface area contributed by atoms with Gasteiger partial charge < -0.3 is 14.8 Å². The van der Waals surface area contributed by atoms with Crippen molar-refractivity contribution >= 4 is 17.7 Å². The molecule has 0 saturated carbocycles. The molecule has 6 nitrogen and oxygen atoms in total. The summed E-state index contributed by atoms with van der Waals surface area (Å²) < 4.78 is 26.7. The predicted molar refractivity (Wildman–Crippen MR) is 143 cm³/mol. The first kappa shape index (κ1) is 25.7. The Morgan fingerprint density at radius 3 is 2.62 bits per heavy atom. The topological polar surface area (TPSA) is 65.4 Å². The van der Waals surface area contributed by atoms with Crippen molar-refractivity contribution in [2.75, 3.05) is 12.4 Å². The van der Waals surface area contributed by atoms with E-state index in [2.05, 4.69) is 10.4 Å². The van der Waals surface area contributed by atoms with Crippen molar-refractivity contribution in [1.82, 2.24) is 9.78 Å². The van der Waals surface area contributed by atoms with E-state index in [1.807, 2.05) is 69.3 Å². The number of carbonyl (C=O) groups excluding carboxylic acids is 1. The molecule has 4 aromatic rings. The maximum Gasteiger partial charge on any atom is 0.248 e. The van der Waals surface area contributed by atoms with Crippen molar-refractivity contribution < 1.29 is 18.7 Å². The standard InChI is InChI=1S/C30H30FN3O3/c1-20-7-5-10-27(15-20)37-19-25-16-23(11-13-28(25)36-4)12-14-29(35)32-30-21(2)33-34(22(30)3)18-24-8-6-9-26(31)17-24/h5-17H,18-19H2,1-4H3,(H,32,35)/b14-12+. The number of methoxy groups -OCH3 is 1. The summed E-state index contributed by atoms with van der Waals surface area (Å²) in [6.07, 6.45) is 3.22. The zero-order valence-electron chi connectivity index (χ0n) is 21.4. The fourth-order valence-corrected chi connectivity index (χ4v) is 4.06. The molecule has 0 spiro atoms. The summed E-state index contributed by atoms with van der Waals surface area (Å²) >= 11 is 0. The Morgan fingerprint density at radius 2 is 1.86 bits per heavy atom. The van der Waals surface area contributed by atoms with Crippen LogP contribution in [0.4, 0.5) is 10.1 Å². The van der Waals surface area contributed by atoms with E-state index < -0.39 is 0 Å². The number of hydrogen-bond acceptors (Lipinski definition) is 4. The molecule has 1 N–H and O–H groups in total. The Morgan fingerprint density at radius 1 is 1.05 bits per heavy atom. The maximum atomic E-state index is 13.5. The van der Waals surface area contributed by atoms with Crippen LogP contribution in [0.25, 0.3) is 6.08 Å². The van der Waals surface area contributed by atoms with E-state index >= 15 is 0 Å². The lowest BCUT2D eigenvalue weighted by Crippen LogP contribution is -2.10. The number of anilines is 1. The van der Waals surface area contributed by atoms with Crippen LogP contribution in [0, 0.1) is 26.6 Å². The summed E-state index contributed by atoms with van der Waals surface area (Å²) in [5.74, 6) is 0.934. The first-order valence-electron chi connectivity index (χ1n) is 12.0. The number of nitrogens with one attached hydrogen (secondary N) is 1. The van der Waals surface area contributed by atoms with Crippen LogP contribution in [0.3, 0.4) is 0 Å². The highest BCUT2D eigenvalue weighted by Gasteiger charge is 2.14. The summed E-state index contributed by atoms with van der Waals surface area (Å²) in [7, 11) is 1.62. The fraction of sp³-hybridized carbons (Fsp3) is 0.200. The Kier molecular flexibility index (Phi) is 8.03. The molecule has 0 atom stereocenters. The number of aromatic nitrogens is 2. The lowest BCUT2D eigenvalue weighted by Gasteiger charge is -2.11. The van der Waals surface area contributed by atoms with Crippen molar-refractivity contribution in [3.8, 4) is 11.5 Å². The van der Waals surface area contributed by atoms with E-state index in [0.29, 0.717) is 30.3 Å². The van der Waals surface area contributed by atoms with E-state index in [-0.39, 0.29) is 11.7 Å². The van der Waals surface area contributed by atoms with Crippen LogP contribution < -0.4 is 14.8 Å². The molecule has 1 amide bonds. The minimum Gasteiger partial charge on any atom is -0.496 e. The lowest BCUT2D eigenvalue weighted by atomic mass is 10.1. The molecular weight excluding hydrogens is 469 g/mol. The second-order valence-corrected chi connectivity index (χ2v) is 8.83. The molecule has 4 rings (SSSR count). The first-order chi connectivity index (χ1) is 17.8. The number of halogens is 1. The highest BCUT2D eigenvalue weighted by Crippen LogP contribution is 2.24. The average molecular weight is 500 g/mol. The second-order valence-electron chi connectivity index (χ2n) is 8.83. The van der Waals surface area contributed by atoms with Gasteiger partial charge in [0.15, 0.2) is 0 Å². The predicted octanol–water partition coefficient (Wildman–Crippen LogP) is 6.24. The van der Waals surface area contributed by atoms with Gasteiger partial charge in [0.2, 0.25) is 5.91 Å². The number of benzene rings is 3. The van der Waals surface area contributed by atoms with Gasteiger partial charge in [-0.15, -0.1) is 0 Å². The molecule has 0 aliphatic rings. The first-order valence-corrected chi connectivity index (χ1v) is 12.0. The largest absolute Gasteiger partial charge is 0.496 e. The number of aryl methyl sites for hydroxylation is 2. The quantitative estimate of drug-likeness (QED) is 0.277. The highest BCUT2D eigenvalue weighted by molar-refractivity contribution is 6.02. The molecule has 0 fully saturated rings. The van der Waals surface area contributed by atoms with Crippen molar-refractivity contribution in [3.05, 3.63) is 112 Å². The SMILES string of the molecule is COc1ccc(/C=C/C(=O)Nc2c(C)nn(Cc3cccc(F)c3)c2C)cc1COc1cccc(C)c1. The van der Waals surface area contributed by atoms with Gasteiger partial charge in [-0.2, -0.15) is 5.10 Å². The summed E-state index contributed by atoms with van der Waals surface area (Å²) in [4.78, 5) is 12.7. The van der Waals surface area contributed by atoms with Gasteiger partial charge in [-0.3, -0.25) is 9.48 Å². The summed E-state index contributed by atoms with van der Waals surface area (Å²) in [5, 5.41) is 7.44. The van der Waals surface area contributed by atoms with Crippen LogP contribution in [0.1, 0.15) is 33.6 Å². The van der Waals surface area contributed by atoms with Crippen molar-refractivity contribution in [1.29, 1.82) is 0 Å². The molecule has 1 heterocycles. The van der Waals surface area contributed by atoms with Gasteiger partial charge in [0.1, 0.15) is 23.9 Å². The number of ether oxygens (including phenoxy) is 2. The van der Waals surface area contributed by atoms with E-state index in [1.54, 1.807) is 23.9 Å². The molecule has 3 aromatic carbocycles. The second kappa shape index (κ2) is 11.6. The number of hydrogen-bond donors (Lipinski definition) is 1. The minimum absolute atomic E-state index is 0.273. The van der Waals surface area contributed by atoms with Gasteiger partial charge in [0, 0.05) is 11.6 Å². The van der Waals surface area contributed by atoms with Crippen LogP contribution in [0.2, 0.25) is 0 Å². The molecule has 0 bridgehead atoms. The van der Waals surface area contributed by atoms with E-state index in [1.165, 1.54) is 18.2 Å². The zero-order valence-corrected chi connectivity index (χ0v) is 21.4.